The SMILES string of the molecule is Cc1cc([C@H]2CCCCN2C(C)C)c[nH]c1=S. The molecule has 94 valence electrons. The van der Waals surface area contributed by atoms with Crippen molar-refractivity contribution in [1.29, 1.82) is 0 Å². The maximum atomic E-state index is 5.23. The van der Waals surface area contributed by atoms with Crippen LogP contribution in [0.1, 0.15) is 50.3 Å². The minimum atomic E-state index is 0.564. The van der Waals surface area contributed by atoms with E-state index in [2.05, 4.69) is 42.9 Å². The first kappa shape index (κ1) is 12.8. The van der Waals surface area contributed by atoms with Gasteiger partial charge in [-0.25, -0.2) is 0 Å². The average Bonchev–Trinajstić information content (AvgIpc) is 2.32. The van der Waals surface area contributed by atoms with Gasteiger partial charge in [-0.2, -0.15) is 0 Å². The quantitative estimate of drug-likeness (QED) is 0.800. The molecular weight excluding hydrogens is 228 g/mol. The van der Waals surface area contributed by atoms with E-state index in [9.17, 15) is 0 Å². The maximum Gasteiger partial charge on any atom is 0.106 e. The van der Waals surface area contributed by atoms with Crippen LogP contribution in [0.2, 0.25) is 0 Å². The van der Waals surface area contributed by atoms with E-state index in [0.29, 0.717) is 12.1 Å². The number of rotatable bonds is 2. The molecule has 0 radical (unpaired) electrons. The van der Waals surface area contributed by atoms with Crippen molar-refractivity contribution >= 4 is 12.2 Å². The number of aryl methyl sites for hydroxylation is 1. The van der Waals surface area contributed by atoms with E-state index in [1.165, 1.54) is 36.9 Å². The topological polar surface area (TPSA) is 19.0 Å². The van der Waals surface area contributed by atoms with E-state index in [1.54, 1.807) is 0 Å². The van der Waals surface area contributed by atoms with Crippen LogP contribution in [0.15, 0.2) is 12.3 Å². The van der Waals surface area contributed by atoms with Crippen LogP contribution >= 0.6 is 12.2 Å². The summed E-state index contributed by atoms with van der Waals surface area (Å²) in [5, 5.41) is 0. The van der Waals surface area contributed by atoms with Crippen LogP contribution in [0.4, 0.5) is 0 Å². The molecule has 0 aliphatic carbocycles. The zero-order chi connectivity index (χ0) is 12.4. The normalized spacial score (nSPS) is 22.0. The lowest BCUT2D eigenvalue weighted by molar-refractivity contribution is 0.112. The summed E-state index contributed by atoms with van der Waals surface area (Å²) < 4.78 is 0.862. The molecule has 2 rings (SSSR count). The summed E-state index contributed by atoms with van der Waals surface area (Å²) >= 11 is 5.23. The fourth-order valence-electron chi connectivity index (χ4n) is 2.74. The van der Waals surface area contributed by atoms with Gasteiger partial charge in [0.25, 0.3) is 0 Å². The summed E-state index contributed by atoms with van der Waals surface area (Å²) in [6.07, 6.45) is 6.03. The Labute approximate surface area is 109 Å². The highest BCUT2D eigenvalue weighted by Crippen LogP contribution is 2.32. The molecule has 1 aliphatic heterocycles. The molecular formula is C14H22N2S. The molecule has 0 unspecified atom stereocenters. The van der Waals surface area contributed by atoms with E-state index in [4.69, 9.17) is 12.2 Å². The summed E-state index contributed by atoms with van der Waals surface area (Å²) in [6, 6.07) is 3.43. The maximum absolute atomic E-state index is 5.23. The third kappa shape index (κ3) is 2.78. The minimum absolute atomic E-state index is 0.564. The van der Waals surface area contributed by atoms with Crippen LogP contribution < -0.4 is 0 Å². The fourth-order valence-corrected chi connectivity index (χ4v) is 2.86. The van der Waals surface area contributed by atoms with Gasteiger partial charge in [0.15, 0.2) is 0 Å². The van der Waals surface area contributed by atoms with Gasteiger partial charge in [0.1, 0.15) is 4.64 Å². The van der Waals surface area contributed by atoms with Gasteiger partial charge >= 0.3 is 0 Å². The Morgan fingerprint density at radius 2 is 2.18 bits per heavy atom. The predicted molar refractivity (Wildman–Crippen MR) is 74.8 cm³/mol. The number of aromatic amines is 1. The molecule has 1 atom stereocenters. The fraction of sp³-hybridized carbons (Fsp3) is 0.643. The molecule has 2 nitrogen and oxygen atoms in total. The van der Waals surface area contributed by atoms with Gasteiger partial charge in [0.05, 0.1) is 0 Å². The molecule has 1 fully saturated rings. The molecule has 1 N–H and O–H groups in total. The molecule has 17 heavy (non-hydrogen) atoms. The van der Waals surface area contributed by atoms with Crippen molar-refractivity contribution in [2.24, 2.45) is 0 Å². The van der Waals surface area contributed by atoms with E-state index in [-0.39, 0.29) is 0 Å². The number of likely N-dealkylation sites (tertiary alicyclic amines) is 1. The third-order valence-electron chi connectivity index (χ3n) is 3.70. The summed E-state index contributed by atoms with van der Waals surface area (Å²) in [7, 11) is 0. The highest BCUT2D eigenvalue weighted by Gasteiger charge is 2.25. The lowest BCUT2D eigenvalue weighted by atomic mass is 9.94. The van der Waals surface area contributed by atoms with Crippen molar-refractivity contribution in [1.82, 2.24) is 9.88 Å². The Kier molecular flexibility index (Phi) is 4.00. The number of nitrogens with zero attached hydrogens (tertiary/aromatic N) is 1. The molecule has 3 heteroatoms. The predicted octanol–water partition coefficient (Wildman–Crippen LogP) is 3.99. The standard InChI is InChI=1S/C14H22N2S/c1-10(2)16-7-5-4-6-13(16)12-8-11(3)14(17)15-9-12/h8-10,13H,4-7H2,1-3H3,(H,15,17)/t13-/m1/s1. The van der Waals surface area contributed by atoms with E-state index in [0.717, 1.165) is 4.64 Å². The molecule has 1 aromatic rings. The molecule has 0 spiro atoms. The first-order valence-corrected chi connectivity index (χ1v) is 6.95. The number of hydrogen-bond acceptors (Lipinski definition) is 2. The van der Waals surface area contributed by atoms with Crippen LogP contribution in [-0.4, -0.2) is 22.5 Å². The van der Waals surface area contributed by atoms with Crippen molar-refractivity contribution in [3.05, 3.63) is 28.0 Å². The zero-order valence-electron chi connectivity index (χ0n) is 11.0. The molecule has 1 saturated heterocycles. The van der Waals surface area contributed by atoms with Gasteiger partial charge < -0.3 is 4.98 Å². The lowest BCUT2D eigenvalue weighted by Gasteiger charge is -2.39. The third-order valence-corrected chi connectivity index (χ3v) is 4.14. The first-order valence-electron chi connectivity index (χ1n) is 6.54. The van der Waals surface area contributed by atoms with Crippen LogP contribution in [-0.2, 0) is 0 Å². The van der Waals surface area contributed by atoms with Crippen molar-refractivity contribution in [3.8, 4) is 0 Å². The number of hydrogen-bond donors (Lipinski definition) is 1. The Morgan fingerprint density at radius 3 is 2.82 bits per heavy atom. The Balaban J connectivity index is 2.29. The van der Waals surface area contributed by atoms with E-state index >= 15 is 0 Å². The average molecular weight is 250 g/mol. The summed E-state index contributed by atoms with van der Waals surface area (Å²) in [5.41, 5.74) is 2.58. The second kappa shape index (κ2) is 5.32. The number of piperidine rings is 1. The minimum Gasteiger partial charge on any atom is -0.352 e. The number of pyridine rings is 1. The summed E-state index contributed by atoms with van der Waals surface area (Å²) in [5.74, 6) is 0. The van der Waals surface area contributed by atoms with Crippen molar-refractivity contribution in [3.63, 3.8) is 0 Å². The highest BCUT2D eigenvalue weighted by molar-refractivity contribution is 7.71. The van der Waals surface area contributed by atoms with Gasteiger partial charge in [-0.3, -0.25) is 4.90 Å². The number of aromatic nitrogens is 1. The Bertz CT molecular complexity index is 436. The van der Waals surface area contributed by atoms with Gasteiger partial charge in [-0.15, -0.1) is 0 Å². The molecule has 1 aromatic heterocycles. The van der Waals surface area contributed by atoms with Crippen LogP contribution in [0.5, 0.6) is 0 Å². The zero-order valence-corrected chi connectivity index (χ0v) is 11.8. The summed E-state index contributed by atoms with van der Waals surface area (Å²) in [6.45, 7) is 7.88. The van der Waals surface area contributed by atoms with Crippen LogP contribution in [0.3, 0.4) is 0 Å². The summed E-state index contributed by atoms with van der Waals surface area (Å²) in [4.78, 5) is 5.82. The van der Waals surface area contributed by atoms with Crippen molar-refractivity contribution < 1.29 is 0 Å². The van der Waals surface area contributed by atoms with E-state index in [1.807, 2.05) is 0 Å². The molecule has 0 amide bonds. The largest absolute Gasteiger partial charge is 0.352 e. The van der Waals surface area contributed by atoms with Crippen LogP contribution in [0, 0.1) is 11.6 Å². The molecule has 1 aliphatic rings. The Hall–Kier alpha value is -0.670. The van der Waals surface area contributed by atoms with Crippen LogP contribution in [0.25, 0.3) is 0 Å². The highest BCUT2D eigenvalue weighted by atomic mass is 32.1. The van der Waals surface area contributed by atoms with Gasteiger partial charge in [0, 0.05) is 18.3 Å². The second-order valence-corrected chi connectivity index (χ2v) is 5.70. The Morgan fingerprint density at radius 1 is 1.41 bits per heavy atom. The lowest BCUT2D eigenvalue weighted by Crippen LogP contribution is -2.38. The van der Waals surface area contributed by atoms with Gasteiger partial charge in [-0.05, 0) is 51.3 Å². The monoisotopic (exact) mass is 250 g/mol. The van der Waals surface area contributed by atoms with Gasteiger partial charge in [-0.1, -0.05) is 24.7 Å². The smallest absolute Gasteiger partial charge is 0.106 e. The first-order chi connectivity index (χ1) is 8.09. The molecule has 0 bridgehead atoms. The van der Waals surface area contributed by atoms with Crippen molar-refractivity contribution in [2.45, 2.75) is 52.1 Å². The molecule has 2 heterocycles. The van der Waals surface area contributed by atoms with Gasteiger partial charge in [0.2, 0.25) is 0 Å². The number of nitrogens with one attached hydrogen (secondary N) is 1. The van der Waals surface area contributed by atoms with E-state index < -0.39 is 0 Å². The van der Waals surface area contributed by atoms with Crippen molar-refractivity contribution in [2.75, 3.05) is 6.54 Å². The number of H-pyrrole nitrogens is 1. The molecule has 0 saturated carbocycles. The molecule has 0 aromatic carbocycles. The second-order valence-electron chi connectivity index (χ2n) is 5.29.